The summed E-state index contributed by atoms with van der Waals surface area (Å²) in [6.07, 6.45) is 0. The number of carbonyl (C=O) groups excluding carboxylic acids is 2. The van der Waals surface area contributed by atoms with E-state index in [4.69, 9.17) is 10.2 Å². The van der Waals surface area contributed by atoms with Crippen molar-refractivity contribution in [3.05, 3.63) is 131 Å². The summed E-state index contributed by atoms with van der Waals surface area (Å²) in [5.41, 5.74) is 1.54. The van der Waals surface area contributed by atoms with Crippen molar-refractivity contribution in [1.82, 2.24) is 0 Å². The van der Waals surface area contributed by atoms with Gasteiger partial charge in [0.25, 0.3) is 0 Å². The lowest BCUT2D eigenvalue weighted by Crippen LogP contribution is -2.04. The molecule has 0 saturated carbocycles. The Kier molecular flexibility index (Phi) is 7.08. The molecular formula is C26H18F2O4. The van der Waals surface area contributed by atoms with E-state index < -0.39 is 11.6 Å². The van der Waals surface area contributed by atoms with Gasteiger partial charge in [-0.2, -0.15) is 0 Å². The minimum absolute atomic E-state index is 0.169. The van der Waals surface area contributed by atoms with Crippen LogP contribution in [0.15, 0.2) is 97.1 Å². The number of phenols is 2. The summed E-state index contributed by atoms with van der Waals surface area (Å²) in [4.78, 5) is 24.6. The zero-order chi connectivity index (χ0) is 23.1. The first-order chi connectivity index (χ1) is 15.3. The van der Waals surface area contributed by atoms with E-state index in [-0.39, 0.29) is 23.1 Å². The highest BCUT2D eigenvalue weighted by molar-refractivity contribution is 6.11. The van der Waals surface area contributed by atoms with Crippen molar-refractivity contribution in [3.63, 3.8) is 0 Å². The highest BCUT2D eigenvalue weighted by atomic mass is 19.1. The number of benzene rings is 4. The van der Waals surface area contributed by atoms with Crippen molar-refractivity contribution in [2.45, 2.75) is 0 Å². The van der Waals surface area contributed by atoms with Crippen LogP contribution in [0.5, 0.6) is 11.5 Å². The maximum Gasteiger partial charge on any atom is 0.193 e. The number of rotatable bonds is 4. The van der Waals surface area contributed by atoms with E-state index in [9.17, 15) is 18.4 Å². The molecule has 0 saturated heterocycles. The van der Waals surface area contributed by atoms with Crippen molar-refractivity contribution < 1.29 is 28.6 Å². The largest absolute Gasteiger partial charge is 0.508 e. The smallest absolute Gasteiger partial charge is 0.193 e. The van der Waals surface area contributed by atoms with Gasteiger partial charge in [0.2, 0.25) is 0 Å². The Balaban J connectivity index is 0.000000305. The molecule has 0 bridgehead atoms. The summed E-state index contributed by atoms with van der Waals surface area (Å²) in [7, 11) is 0. The molecule has 6 heteroatoms. The maximum atomic E-state index is 12.9. The average Bonchev–Trinajstić information content (AvgIpc) is 2.82. The van der Waals surface area contributed by atoms with Gasteiger partial charge in [-0.05, 0) is 72.8 Å². The fraction of sp³-hybridized carbons (Fsp3) is 0. The molecule has 0 amide bonds. The number of carbonyl (C=O) groups is 2. The van der Waals surface area contributed by atoms with Crippen LogP contribution in [0.1, 0.15) is 31.8 Å². The normalized spacial score (nSPS) is 10.1. The van der Waals surface area contributed by atoms with E-state index in [1.165, 1.54) is 72.8 Å². The predicted octanol–water partition coefficient (Wildman–Crippen LogP) is 5.52. The SMILES string of the molecule is O=C(c1ccc(F)cc1)c1ccc(C(=O)c2ccc(F)cc2)cc1.Oc1ccc(O)cc1. The molecule has 4 nitrogen and oxygen atoms in total. The number of hydrogen-bond acceptors (Lipinski definition) is 4. The van der Waals surface area contributed by atoms with E-state index in [1.54, 1.807) is 24.3 Å². The van der Waals surface area contributed by atoms with Crippen LogP contribution in [-0.2, 0) is 0 Å². The second-order valence-electron chi connectivity index (χ2n) is 6.77. The Morgan fingerprint density at radius 3 is 0.906 bits per heavy atom. The minimum Gasteiger partial charge on any atom is -0.508 e. The first kappa shape index (κ1) is 22.4. The molecule has 4 aromatic carbocycles. The lowest BCUT2D eigenvalue weighted by molar-refractivity contribution is 0.102. The van der Waals surface area contributed by atoms with E-state index in [0.717, 1.165) is 0 Å². The van der Waals surface area contributed by atoms with Crippen LogP contribution in [0.3, 0.4) is 0 Å². The van der Waals surface area contributed by atoms with Gasteiger partial charge in [-0.3, -0.25) is 9.59 Å². The third kappa shape index (κ3) is 5.86. The molecule has 2 N–H and O–H groups in total. The lowest BCUT2D eigenvalue weighted by atomic mass is 9.98. The van der Waals surface area contributed by atoms with E-state index in [0.29, 0.717) is 22.3 Å². The van der Waals surface area contributed by atoms with Crippen molar-refractivity contribution in [2.75, 3.05) is 0 Å². The van der Waals surface area contributed by atoms with Crippen LogP contribution in [0.2, 0.25) is 0 Å². The summed E-state index contributed by atoms with van der Waals surface area (Å²) in [6, 6.07) is 22.4. The van der Waals surface area contributed by atoms with Crippen LogP contribution in [-0.4, -0.2) is 21.8 Å². The first-order valence-corrected chi connectivity index (χ1v) is 9.52. The van der Waals surface area contributed by atoms with Gasteiger partial charge in [0.1, 0.15) is 23.1 Å². The highest BCUT2D eigenvalue weighted by Gasteiger charge is 2.12. The molecule has 4 aromatic rings. The third-order valence-corrected chi connectivity index (χ3v) is 4.47. The molecule has 32 heavy (non-hydrogen) atoms. The van der Waals surface area contributed by atoms with Crippen LogP contribution >= 0.6 is 0 Å². The topological polar surface area (TPSA) is 74.6 Å². The van der Waals surface area contributed by atoms with Crippen LogP contribution in [0.25, 0.3) is 0 Å². The molecule has 0 aliphatic carbocycles. The van der Waals surface area contributed by atoms with Crippen LogP contribution < -0.4 is 0 Å². The third-order valence-electron chi connectivity index (χ3n) is 4.47. The van der Waals surface area contributed by atoms with Gasteiger partial charge in [0, 0.05) is 22.3 Å². The lowest BCUT2D eigenvalue weighted by Gasteiger charge is -2.04. The molecule has 0 atom stereocenters. The second-order valence-corrected chi connectivity index (χ2v) is 6.77. The Bertz CT molecular complexity index is 1100. The number of ketones is 2. The molecule has 4 rings (SSSR count). The molecule has 0 spiro atoms. The van der Waals surface area contributed by atoms with Gasteiger partial charge in [0.15, 0.2) is 11.6 Å². The standard InChI is InChI=1S/C20H12F2O2.C6H6O2/c21-17-9-5-15(6-10-17)19(23)13-1-2-14(4-3-13)20(24)16-7-11-18(22)12-8-16;7-5-1-2-6(8)4-3-5/h1-12H;1-4,7-8H. The van der Waals surface area contributed by atoms with Crippen molar-refractivity contribution in [2.24, 2.45) is 0 Å². The van der Waals surface area contributed by atoms with Crippen molar-refractivity contribution in [3.8, 4) is 11.5 Å². The molecule has 0 unspecified atom stereocenters. The summed E-state index contributed by atoms with van der Waals surface area (Å²) in [5, 5.41) is 17.3. The van der Waals surface area contributed by atoms with Gasteiger partial charge < -0.3 is 10.2 Å². The fourth-order valence-corrected chi connectivity index (χ4v) is 2.76. The van der Waals surface area contributed by atoms with Gasteiger partial charge in [0.05, 0.1) is 0 Å². The van der Waals surface area contributed by atoms with Gasteiger partial charge >= 0.3 is 0 Å². The molecule has 0 radical (unpaired) electrons. The quantitative estimate of drug-likeness (QED) is 0.329. The monoisotopic (exact) mass is 432 g/mol. The Morgan fingerprint density at radius 2 is 0.656 bits per heavy atom. The van der Waals surface area contributed by atoms with Gasteiger partial charge in [-0.1, -0.05) is 24.3 Å². The number of aromatic hydroxyl groups is 2. The predicted molar refractivity (Wildman–Crippen MR) is 116 cm³/mol. The zero-order valence-electron chi connectivity index (χ0n) is 16.7. The van der Waals surface area contributed by atoms with Crippen LogP contribution in [0.4, 0.5) is 8.78 Å². The summed E-state index contributed by atoms with van der Waals surface area (Å²) < 4.78 is 25.8. The average molecular weight is 432 g/mol. The van der Waals surface area contributed by atoms with Crippen molar-refractivity contribution >= 4 is 11.6 Å². The molecule has 0 aliphatic heterocycles. The van der Waals surface area contributed by atoms with Gasteiger partial charge in [-0.25, -0.2) is 8.78 Å². The first-order valence-electron chi connectivity index (χ1n) is 9.52. The molecular weight excluding hydrogens is 414 g/mol. The summed E-state index contributed by atoms with van der Waals surface area (Å²) in [5.74, 6) is -0.990. The maximum absolute atomic E-state index is 12.9. The zero-order valence-corrected chi connectivity index (χ0v) is 16.7. The van der Waals surface area contributed by atoms with E-state index in [1.807, 2.05) is 0 Å². The molecule has 0 fully saturated rings. The number of hydrogen-bond donors (Lipinski definition) is 2. The summed E-state index contributed by atoms with van der Waals surface area (Å²) in [6.45, 7) is 0. The van der Waals surface area contributed by atoms with Crippen LogP contribution in [0, 0.1) is 11.6 Å². The Morgan fingerprint density at radius 1 is 0.438 bits per heavy atom. The second kappa shape index (κ2) is 10.1. The van der Waals surface area contributed by atoms with E-state index in [2.05, 4.69) is 0 Å². The molecule has 0 aliphatic rings. The molecule has 0 heterocycles. The Hall–Kier alpha value is -4.32. The number of phenolic OH excluding ortho intramolecular Hbond substituents is 2. The molecule has 160 valence electrons. The molecule has 0 aromatic heterocycles. The minimum atomic E-state index is -0.410. The Labute approximate surface area is 183 Å². The summed E-state index contributed by atoms with van der Waals surface area (Å²) >= 11 is 0. The highest BCUT2D eigenvalue weighted by Crippen LogP contribution is 2.15. The van der Waals surface area contributed by atoms with Gasteiger partial charge in [-0.15, -0.1) is 0 Å². The number of halogens is 2. The van der Waals surface area contributed by atoms with E-state index >= 15 is 0 Å². The van der Waals surface area contributed by atoms with Crippen molar-refractivity contribution in [1.29, 1.82) is 0 Å². The fourth-order valence-electron chi connectivity index (χ4n) is 2.76.